The van der Waals surface area contributed by atoms with Gasteiger partial charge >= 0.3 is 5.97 Å². The fraction of sp³-hybridized carbons (Fsp3) is 0.667. The Balaban J connectivity index is 3.50. The van der Waals surface area contributed by atoms with Crippen LogP contribution < -0.4 is 0 Å². The Morgan fingerprint density at radius 1 is 0.870 bits per heavy atom. The van der Waals surface area contributed by atoms with Gasteiger partial charge in [-0.1, -0.05) is 76.5 Å². The molecule has 2 nitrogen and oxygen atoms in total. The van der Waals surface area contributed by atoms with Crippen molar-refractivity contribution in [3.8, 4) is 0 Å². The van der Waals surface area contributed by atoms with Crippen LogP contribution in [0.2, 0.25) is 0 Å². The molecule has 0 aromatic heterocycles. The van der Waals surface area contributed by atoms with Gasteiger partial charge in [0.2, 0.25) is 0 Å². The van der Waals surface area contributed by atoms with E-state index in [-0.39, 0.29) is 11.8 Å². The number of hydrogen-bond donors (Lipinski definition) is 1. The summed E-state index contributed by atoms with van der Waals surface area (Å²) >= 11 is 0. The minimum absolute atomic E-state index is 0.172. The summed E-state index contributed by atoms with van der Waals surface area (Å²) in [5.41, 5.74) is 0. The van der Waals surface area contributed by atoms with E-state index < -0.39 is 5.97 Å². The third kappa shape index (κ3) is 14.0. The van der Waals surface area contributed by atoms with Crippen LogP contribution in [0.4, 0.5) is 0 Å². The molecular weight excluding hydrogens is 284 g/mol. The number of carbonyl (C=O) groups is 1. The Hall–Kier alpha value is -1.31. The molecule has 132 valence electrons. The number of unbranched alkanes of at least 4 members (excludes halogenated alkanes) is 4. The van der Waals surface area contributed by atoms with Crippen molar-refractivity contribution in [3.05, 3.63) is 36.5 Å². The number of rotatable bonds is 14. The molecule has 1 N–H and O–H groups in total. The fourth-order valence-electron chi connectivity index (χ4n) is 2.55. The van der Waals surface area contributed by atoms with E-state index in [1.54, 1.807) is 0 Å². The summed E-state index contributed by atoms with van der Waals surface area (Å²) in [7, 11) is 0. The molecule has 0 spiro atoms. The first-order valence-electron chi connectivity index (χ1n) is 9.27. The van der Waals surface area contributed by atoms with Gasteiger partial charge in [-0.25, -0.2) is 0 Å². The SMILES string of the molecule is CC/C=C\C/C=C\C/C=C\CCCCCCC(C(=O)O)C(C)C. The van der Waals surface area contributed by atoms with Crippen LogP contribution in [0, 0.1) is 11.8 Å². The van der Waals surface area contributed by atoms with E-state index in [9.17, 15) is 4.79 Å². The van der Waals surface area contributed by atoms with Gasteiger partial charge in [0, 0.05) is 0 Å². The van der Waals surface area contributed by atoms with Crippen LogP contribution in [-0.2, 0) is 4.79 Å². The van der Waals surface area contributed by atoms with Gasteiger partial charge in [-0.2, -0.15) is 0 Å². The van der Waals surface area contributed by atoms with E-state index in [1.165, 1.54) is 12.8 Å². The molecule has 0 fully saturated rings. The summed E-state index contributed by atoms with van der Waals surface area (Å²) in [4.78, 5) is 11.1. The lowest BCUT2D eigenvalue weighted by atomic mass is 9.90. The molecule has 0 rings (SSSR count). The second kappa shape index (κ2) is 15.6. The second-order valence-corrected chi connectivity index (χ2v) is 6.47. The van der Waals surface area contributed by atoms with Gasteiger partial charge in [-0.15, -0.1) is 0 Å². The Bertz CT molecular complexity index is 364. The molecule has 23 heavy (non-hydrogen) atoms. The largest absolute Gasteiger partial charge is 0.481 e. The van der Waals surface area contributed by atoms with Gasteiger partial charge in [-0.05, 0) is 44.4 Å². The minimum atomic E-state index is -0.638. The van der Waals surface area contributed by atoms with E-state index in [0.717, 1.165) is 44.9 Å². The molecule has 0 aromatic carbocycles. The number of hydrogen-bond acceptors (Lipinski definition) is 1. The molecule has 1 atom stereocenters. The minimum Gasteiger partial charge on any atom is -0.481 e. The second-order valence-electron chi connectivity index (χ2n) is 6.47. The van der Waals surface area contributed by atoms with Crippen molar-refractivity contribution in [1.29, 1.82) is 0 Å². The monoisotopic (exact) mass is 320 g/mol. The molecule has 0 aliphatic carbocycles. The lowest BCUT2D eigenvalue weighted by molar-refractivity contribution is -0.143. The first-order chi connectivity index (χ1) is 11.1. The lowest BCUT2D eigenvalue weighted by Crippen LogP contribution is -2.19. The number of carboxylic acid groups (broad SMARTS) is 1. The predicted octanol–water partition coefficient (Wildman–Crippen LogP) is 6.54. The van der Waals surface area contributed by atoms with Crippen molar-refractivity contribution in [2.75, 3.05) is 0 Å². The maximum Gasteiger partial charge on any atom is 0.306 e. The average Bonchev–Trinajstić information content (AvgIpc) is 2.50. The zero-order valence-electron chi connectivity index (χ0n) is 15.3. The summed E-state index contributed by atoms with van der Waals surface area (Å²) in [6.45, 7) is 6.15. The molecular formula is C21H36O2. The van der Waals surface area contributed by atoms with E-state index >= 15 is 0 Å². The molecule has 0 aliphatic heterocycles. The quantitative estimate of drug-likeness (QED) is 0.291. The average molecular weight is 321 g/mol. The highest BCUT2D eigenvalue weighted by Gasteiger charge is 2.20. The molecule has 0 bridgehead atoms. The van der Waals surface area contributed by atoms with Crippen LogP contribution in [0.1, 0.15) is 78.6 Å². The first-order valence-corrected chi connectivity index (χ1v) is 9.27. The zero-order valence-corrected chi connectivity index (χ0v) is 15.3. The Morgan fingerprint density at radius 2 is 1.43 bits per heavy atom. The molecule has 0 heterocycles. The van der Waals surface area contributed by atoms with E-state index in [2.05, 4.69) is 43.4 Å². The zero-order chi connectivity index (χ0) is 17.3. The highest BCUT2D eigenvalue weighted by Crippen LogP contribution is 2.19. The van der Waals surface area contributed by atoms with Crippen LogP contribution in [-0.4, -0.2) is 11.1 Å². The predicted molar refractivity (Wildman–Crippen MR) is 101 cm³/mol. The maximum atomic E-state index is 11.1. The molecule has 0 amide bonds. The standard InChI is InChI=1S/C21H36O2/c1-4-5-6-7-8-9-10-11-12-13-14-15-16-17-18-20(19(2)3)21(22)23/h5-6,8-9,11-12,19-20H,4,7,10,13-18H2,1-3H3,(H,22,23)/b6-5-,9-8-,12-11-. The van der Waals surface area contributed by atoms with Crippen LogP contribution in [0.25, 0.3) is 0 Å². The maximum absolute atomic E-state index is 11.1. The van der Waals surface area contributed by atoms with Crippen molar-refractivity contribution in [3.63, 3.8) is 0 Å². The summed E-state index contributed by atoms with van der Waals surface area (Å²) in [6, 6.07) is 0. The summed E-state index contributed by atoms with van der Waals surface area (Å²) in [6.07, 6.45) is 23.0. The van der Waals surface area contributed by atoms with Gasteiger partial charge < -0.3 is 5.11 Å². The van der Waals surface area contributed by atoms with Crippen molar-refractivity contribution in [1.82, 2.24) is 0 Å². The molecule has 0 aliphatic rings. The highest BCUT2D eigenvalue weighted by molar-refractivity contribution is 5.70. The van der Waals surface area contributed by atoms with Crippen LogP contribution >= 0.6 is 0 Å². The Labute approximate surface area is 143 Å². The van der Waals surface area contributed by atoms with Crippen LogP contribution in [0.5, 0.6) is 0 Å². The summed E-state index contributed by atoms with van der Waals surface area (Å²) in [5, 5.41) is 9.13. The summed E-state index contributed by atoms with van der Waals surface area (Å²) in [5.74, 6) is -0.573. The Morgan fingerprint density at radius 3 is 2.00 bits per heavy atom. The van der Waals surface area contributed by atoms with E-state index in [1.807, 2.05) is 13.8 Å². The van der Waals surface area contributed by atoms with E-state index in [0.29, 0.717) is 0 Å². The van der Waals surface area contributed by atoms with Gasteiger partial charge in [0.25, 0.3) is 0 Å². The van der Waals surface area contributed by atoms with Crippen LogP contribution in [0.15, 0.2) is 36.5 Å². The number of aliphatic carboxylic acids is 1. The first kappa shape index (κ1) is 21.7. The van der Waals surface area contributed by atoms with Crippen molar-refractivity contribution < 1.29 is 9.90 Å². The van der Waals surface area contributed by atoms with Crippen LogP contribution in [0.3, 0.4) is 0 Å². The van der Waals surface area contributed by atoms with Gasteiger partial charge in [0.05, 0.1) is 5.92 Å². The van der Waals surface area contributed by atoms with Gasteiger partial charge in [-0.3, -0.25) is 4.79 Å². The van der Waals surface area contributed by atoms with Gasteiger partial charge in [0.1, 0.15) is 0 Å². The van der Waals surface area contributed by atoms with Crippen molar-refractivity contribution in [2.24, 2.45) is 11.8 Å². The van der Waals surface area contributed by atoms with Gasteiger partial charge in [0.15, 0.2) is 0 Å². The third-order valence-corrected chi connectivity index (χ3v) is 4.04. The van der Waals surface area contributed by atoms with Crippen molar-refractivity contribution >= 4 is 5.97 Å². The smallest absolute Gasteiger partial charge is 0.306 e. The normalized spacial score (nSPS) is 13.7. The molecule has 0 saturated heterocycles. The Kier molecular flexibility index (Phi) is 14.7. The molecule has 1 unspecified atom stereocenters. The summed E-state index contributed by atoms with van der Waals surface area (Å²) < 4.78 is 0. The van der Waals surface area contributed by atoms with Crippen molar-refractivity contribution in [2.45, 2.75) is 78.6 Å². The number of allylic oxidation sites excluding steroid dienone is 6. The highest BCUT2D eigenvalue weighted by atomic mass is 16.4. The molecule has 2 heteroatoms. The molecule has 0 saturated carbocycles. The topological polar surface area (TPSA) is 37.3 Å². The van der Waals surface area contributed by atoms with E-state index in [4.69, 9.17) is 5.11 Å². The lowest BCUT2D eigenvalue weighted by Gasteiger charge is -2.15. The number of carboxylic acids is 1. The molecule has 0 aromatic rings. The fourth-order valence-corrected chi connectivity index (χ4v) is 2.55. The third-order valence-electron chi connectivity index (χ3n) is 4.04. The molecule has 0 radical (unpaired) electrons.